The zero-order chi connectivity index (χ0) is 15.1. The molecule has 0 saturated heterocycles. The fourth-order valence-corrected chi connectivity index (χ4v) is 2.82. The number of rotatable bonds is 6. The van der Waals surface area contributed by atoms with Gasteiger partial charge < -0.3 is 9.94 Å². The quantitative estimate of drug-likeness (QED) is 0.639. The highest BCUT2D eigenvalue weighted by Crippen LogP contribution is 2.39. The Morgan fingerprint density at radius 2 is 2.05 bits per heavy atom. The molecular weight excluding hydrogens is 266 g/mol. The van der Waals surface area contributed by atoms with Crippen LogP contribution in [0.3, 0.4) is 0 Å². The minimum atomic E-state index is -0.845. The standard InChI is InChI=1S/C17H23NO3/c1-2-14-8-10-17(11-9-14,16(19)20)13-18-21-12-15-6-4-3-5-7-15/h3-7,13-14H,2,8-12H2,1H3,(H,19,20)/t14-,17+. The van der Waals surface area contributed by atoms with Crippen molar-refractivity contribution in [3.63, 3.8) is 0 Å². The van der Waals surface area contributed by atoms with E-state index in [9.17, 15) is 9.90 Å². The number of carbonyl (C=O) groups is 1. The van der Waals surface area contributed by atoms with Gasteiger partial charge in [0.25, 0.3) is 0 Å². The predicted octanol–water partition coefficient (Wildman–Crippen LogP) is 3.86. The molecule has 1 N–H and O–H groups in total. The number of carboxylic acids is 1. The second kappa shape index (κ2) is 7.25. The maximum Gasteiger partial charge on any atom is 0.315 e. The Labute approximate surface area is 125 Å². The molecule has 0 spiro atoms. The summed E-state index contributed by atoms with van der Waals surface area (Å²) in [4.78, 5) is 16.8. The molecule has 1 saturated carbocycles. The first kappa shape index (κ1) is 15.5. The van der Waals surface area contributed by atoms with Gasteiger partial charge in [0, 0.05) is 0 Å². The molecule has 1 aromatic rings. The second-order valence-electron chi connectivity index (χ2n) is 5.81. The zero-order valence-electron chi connectivity index (χ0n) is 12.5. The van der Waals surface area contributed by atoms with Crippen LogP contribution >= 0.6 is 0 Å². The van der Waals surface area contributed by atoms with Gasteiger partial charge in [0.15, 0.2) is 0 Å². The van der Waals surface area contributed by atoms with E-state index in [1.165, 1.54) is 6.21 Å². The van der Waals surface area contributed by atoms with Gasteiger partial charge in [-0.3, -0.25) is 4.79 Å². The first-order valence-corrected chi connectivity index (χ1v) is 7.60. The molecule has 2 rings (SSSR count). The third-order valence-corrected chi connectivity index (χ3v) is 4.45. The van der Waals surface area contributed by atoms with Gasteiger partial charge in [0.2, 0.25) is 0 Å². The Bertz CT molecular complexity index is 476. The lowest BCUT2D eigenvalue weighted by Gasteiger charge is -2.33. The van der Waals surface area contributed by atoms with Gasteiger partial charge in [-0.25, -0.2) is 0 Å². The van der Waals surface area contributed by atoms with Crippen molar-refractivity contribution in [2.45, 2.75) is 45.6 Å². The van der Waals surface area contributed by atoms with Crippen molar-refractivity contribution in [2.24, 2.45) is 16.5 Å². The van der Waals surface area contributed by atoms with E-state index in [1.54, 1.807) is 0 Å². The molecule has 1 fully saturated rings. The van der Waals surface area contributed by atoms with Crippen LogP contribution in [0.4, 0.5) is 0 Å². The summed E-state index contributed by atoms with van der Waals surface area (Å²) >= 11 is 0. The number of aliphatic carboxylic acids is 1. The molecule has 1 aliphatic rings. The molecular formula is C17H23NO3. The lowest BCUT2D eigenvalue weighted by Crippen LogP contribution is -2.37. The minimum Gasteiger partial charge on any atom is -0.481 e. The minimum absolute atomic E-state index is 0.366. The van der Waals surface area contributed by atoms with Gasteiger partial charge >= 0.3 is 5.97 Å². The van der Waals surface area contributed by atoms with Crippen LogP contribution in [0.2, 0.25) is 0 Å². The first-order valence-electron chi connectivity index (χ1n) is 7.60. The van der Waals surface area contributed by atoms with Crippen LogP contribution < -0.4 is 0 Å². The highest BCUT2D eigenvalue weighted by atomic mass is 16.6. The summed E-state index contributed by atoms with van der Waals surface area (Å²) in [6.07, 6.45) is 5.83. The molecule has 114 valence electrons. The molecule has 4 heteroatoms. The molecule has 21 heavy (non-hydrogen) atoms. The molecule has 0 unspecified atom stereocenters. The van der Waals surface area contributed by atoms with Crippen LogP contribution in [0.25, 0.3) is 0 Å². The van der Waals surface area contributed by atoms with Crippen LogP contribution in [0.1, 0.15) is 44.6 Å². The van der Waals surface area contributed by atoms with Gasteiger partial charge in [0.05, 0.1) is 6.21 Å². The van der Waals surface area contributed by atoms with Gasteiger partial charge in [-0.1, -0.05) is 48.8 Å². The molecule has 0 aliphatic heterocycles. The SMILES string of the molecule is CC[C@H]1CC[C@@](C=NOCc2ccccc2)(C(=O)O)CC1. The number of benzene rings is 1. The lowest BCUT2D eigenvalue weighted by atomic mass is 9.70. The van der Waals surface area contributed by atoms with Crippen molar-refractivity contribution in [3.05, 3.63) is 35.9 Å². The smallest absolute Gasteiger partial charge is 0.315 e. The van der Waals surface area contributed by atoms with Crippen molar-refractivity contribution in [3.8, 4) is 0 Å². The van der Waals surface area contributed by atoms with Gasteiger partial charge in [-0.2, -0.15) is 0 Å². The number of hydrogen-bond donors (Lipinski definition) is 1. The van der Waals surface area contributed by atoms with Gasteiger partial charge in [-0.05, 0) is 37.2 Å². The monoisotopic (exact) mass is 289 g/mol. The summed E-state index contributed by atoms with van der Waals surface area (Å²) < 4.78 is 0. The van der Waals surface area contributed by atoms with Gasteiger partial charge in [-0.15, -0.1) is 0 Å². The maximum atomic E-state index is 11.6. The second-order valence-corrected chi connectivity index (χ2v) is 5.81. The number of hydrogen-bond acceptors (Lipinski definition) is 3. The fraction of sp³-hybridized carbons (Fsp3) is 0.529. The average Bonchev–Trinajstić information content (AvgIpc) is 2.53. The summed E-state index contributed by atoms with van der Waals surface area (Å²) in [5.74, 6) is -0.139. The predicted molar refractivity (Wildman–Crippen MR) is 82.0 cm³/mol. The van der Waals surface area contributed by atoms with Gasteiger partial charge in [0.1, 0.15) is 12.0 Å². The third kappa shape index (κ3) is 4.06. The van der Waals surface area contributed by atoms with E-state index < -0.39 is 11.4 Å². The molecule has 1 aromatic carbocycles. The van der Waals surface area contributed by atoms with Crippen LogP contribution in [0.15, 0.2) is 35.5 Å². The summed E-state index contributed by atoms with van der Waals surface area (Å²) in [7, 11) is 0. The molecule has 4 nitrogen and oxygen atoms in total. The Morgan fingerprint density at radius 1 is 1.38 bits per heavy atom. The third-order valence-electron chi connectivity index (χ3n) is 4.45. The first-order chi connectivity index (χ1) is 10.2. The molecule has 0 heterocycles. The van der Waals surface area contributed by atoms with Crippen molar-refractivity contribution in [1.29, 1.82) is 0 Å². The Balaban J connectivity index is 1.91. The largest absolute Gasteiger partial charge is 0.481 e. The topological polar surface area (TPSA) is 58.9 Å². The van der Waals surface area contributed by atoms with Crippen molar-refractivity contribution < 1.29 is 14.7 Å². The summed E-state index contributed by atoms with van der Waals surface area (Å²) in [5, 5.41) is 13.4. The molecule has 0 bridgehead atoms. The van der Waals surface area contributed by atoms with Crippen LogP contribution in [-0.2, 0) is 16.2 Å². The van der Waals surface area contributed by atoms with E-state index in [0.717, 1.165) is 24.8 Å². The molecule has 0 amide bonds. The van der Waals surface area contributed by atoms with E-state index in [-0.39, 0.29) is 0 Å². The number of oxime groups is 1. The Morgan fingerprint density at radius 3 is 2.62 bits per heavy atom. The van der Waals surface area contributed by atoms with E-state index in [0.29, 0.717) is 25.4 Å². The summed E-state index contributed by atoms with van der Waals surface area (Å²) in [6.45, 7) is 2.53. The fourth-order valence-electron chi connectivity index (χ4n) is 2.82. The van der Waals surface area contributed by atoms with E-state index >= 15 is 0 Å². The highest BCUT2D eigenvalue weighted by Gasteiger charge is 2.40. The average molecular weight is 289 g/mol. The zero-order valence-corrected chi connectivity index (χ0v) is 12.5. The van der Waals surface area contributed by atoms with Crippen LogP contribution in [-0.4, -0.2) is 17.3 Å². The molecule has 0 atom stereocenters. The van der Waals surface area contributed by atoms with Crippen molar-refractivity contribution >= 4 is 12.2 Å². The summed E-state index contributed by atoms with van der Waals surface area (Å²) in [6, 6.07) is 9.72. The molecule has 1 aliphatic carbocycles. The lowest BCUT2D eigenvalue weighted by molar-refractivity contribution is -0.146. The van der Waals surface area contributed by atoms with Crippen molar-refractivity contribution in [2.75, 3.05) is 0 Å². The van der Waals surface area contributed by atoms with Crippen LogP contribution in [0.5, 0.6) is 0 Å². The molecule has 0 radical (unpaired) electrons. The number of nitrogens with zero attached hydrogens (tertiary/aromatic N) is 1. The van der Waals surface area contributed by atoms with Crippen molar-refractivity contribution in [1.82, 2.24) is 0 Å². The highest BCUT2D eigenvalue weighted by molar-refractivity contribution is 5.93. The van der Waals surface area contributed by atoms with E-state index in [1.807, 2.05) is 30.3 Å². The van der Waals surface area contributed by atoms with E-state index in [2.05, 4.69) is 12.1 Å². The summed E-state index contributed by atoms with van der Waals surface area (Å²) in [5.41, 5.74) is 0.177. The van der Waals surface area contributed by atoms with E-state index in [4.69, 9.17) is 4.84 Å². The Kier molecular flexibility index (Phi) is 5.37. The normalized spacial score (nSPS) is 25.9. The maximum absolute atomic E-state index is 11.6. The number of carboxylic acid groups (broad SMARTS) is 1. The molecule has 0 aromatic heterocycles. The van der Waals surface area contributed by atoms with Crippen LogP contribution in [0, 0.1) is 11.3 Å². The Hall–Kier alpha value is -1.84.